The van der Waals surface area contributed by atoms with Crippen molar-refractivity contribution in [2.45, 2.75) is 23.7 Å². The van der Waals surface area contributed by atoms with E-state index in [2.05, 4.69) is 9.71 Å². The zero-order valence-electron chi connectivity index (χ0n) is 10.9. The van der Waals surface area contributed by atoms with Crippen LogP contribution in [0.15, 0.2) is 28.5 Å². The molecular weight excluding hydrogens is 308 g/mol. The van der Waals surface area contributed by atoms with E-state index in [1.807, 2.05) is 11.4 Å². The molecule has 0 amide bonds. The summed E-state index contributed by atoms with van der Waals surface area (Å²) in [6.07, 6.45) is 2.21. The summed E-state index contributed by atoms with van der Waals surface area (Å²) in [5.74, 6) is 0.464. The molecule has 1 aromatic heterocycles. The third kappa shape index (κ3) is 2.84. The number of nitrogens with zero attached hydrogens (tertiary/aromatic N) is 2. The van der Waals surface area contributed by atoms with Crippen LogP contribution in [0, 0.1) is 11.3 Å². The number of rotatable bonds is 4. The van der Waals surface area contributed by atoms with Gasteiger partial charge >= 0.3 is 0 Å². The number of nitrogens with two attached hydrogens (primary N) is 1. The quantitative estimate of drug-likeness (QED) is 0.840. The minimum Gasteiger partial charge on any atom is -0.399 e. The monoisotopic (exact) mass is 320 g/mol. The summed E-state index contributed by atoms with van der Waals surface area (Å²) >= 11 is 1.25. The Labute approximate surface area is 126 Å². The Bertz CT molecular complexity index is 832. The molecule has 0 bridgehead atoms. The molecule has 1 aromatic carbocycles. The Balaban J connectivity index is 1.91. The largest absolute Gasteiger partial charge is 0.399 e. The normalized spacial score (nSPS) is 14.6. The lowest BCUT2D eigenvalue weighted by atomic mass is 10.2. The molecule has 21 heavy (non-hydrogen) atoms. The van der Waals surface area contributed by atoms with Crippen LogP contribution in [0.2, 0.25) is 0 Å². The third-order valence-electron chi connectivity index (χ3n) is 3.15. The summed E-state index contributed by atoms with van der Waals surface area (Å²) in [7, 11) is -3.84. The zero-order valence-corrected chi connectivity index (χ0v) is 12.5. The number of benzene rings is 1. The fraction of sp³-hybridized carbons (Fsp3) is 0.231. The Morgan fingerprint density at radius 3 is 2.86 bits per heavy atom. The number of hydrogen-bond donors (Lipinski definition) is 2. The van der Waals surface area contributed by atoms with E-state index >= 15 is 0 Å². The lowest BCUT2D eigenvalue weighted by Crippen LogP contribution is -2.14. The van der Waals surface area contributed by atoms with Gasteiger partial charge in [0.25, 0.3) is 10.0 Å². The molecule has 1 heterocycles. The molecule has 3 N–H and O–H groups in total. The molecule has 0 radical (unpaired) electrons. The Morgan fingerprint density at radius 2 is 2.19 bits per heavy atom. The number of nitrogens with one attached hydrogen (secondary N) is 1. The maximum absolute atomic E-state index is 12.4. The van der Waals surface area contributed by atoms with Crippen molar-refractivity contribution in [3.05, 3.63) is 34.8 Å². The smallest absolute Gasteiger partial charge is 0.264 e. The summed E-state index contributed by atoms with van der Waals surface area (Å²) in [5.41, 5.74) is 6.85. The van der Waals surface area contributed by atoms with Gasteiger partial charge in [-0.05, 0) is 31.0 Å². The van der Waals surface area contributed by atoms with Gasteiger partial charge in [0.05, 0.1) is 11.3 Å². The molecule has 1 aliphatic rings. The molecule has 8 heteroatoms. The van der Waals surface area contributed by atoms with Crippen LogP contribution in [0.3, 0.4) is 0 Å². The summed E-state index contributed by atoms with van der Waals surface area (Å²) in [4.78, 5) is 4.18. The van der Waals surface area contributed by atoms with Crippen LogP contribution in [0.1, 0.15) is 30.0 Å². The summed E-state index contributed by atoms with van der Waals surface area (Å²) in [5, 5.41) is 11.2. The summed E-state index contributed by atoms with van der Waals surface area (Å²) < 4.78 is 27.1. The van der Waals surface area contributed by atoms with Gasteiger partial charge in [-0.15, -0.1) is 11.3 Å². The van der Waals surface area contributed by atoms with Crippen LogP contribution in [-0.4, -0.2) is 13.4 Å². The van der Waals surface area contributed by atoms with Crippen LogP contribution in [0.5, 0.6) is 0 Å². The van der Waals surface area contributed by atoms with Gasteiger partial charge in [-0.1, -0.05) is 0 Å². The SMILES string of the molecule is N#Cc1cc(N)ccc1S(=O)(=O)Nc1nc(C2CC2)cs1. The van der Waals surface area contributed by atoms with Crippen molar-refractivity contribution < 1.29 is 8.42 Å². The highest BCUT2D eigenvalue weighted by atomic mass is 32.2. The molecular formula is C13H12N4O2S2. The first-order chi connectivity index (χ1) is 9.99. The molecule has 0 atom stereocenters. The molecule has 108 valence electrons. The first-order valence-electron chi connectivity index (χ1n) is 6.27. The number of nitriles is 1. The average Bonchev–Trinajstić information content (AvgIpc) is 3.19. The first kappa shape index (κ1) is 13.9. The topological polar surface area (TPSA) is 109 Å². The van der Waals surface area contributed by atoms with Crippen molar-refractivity contribution in [1.82, 2.24) is 4.98 Å². The van der Waals surface area contributed by atoms with E-state index in [1.165, 1.54) is 29.5 Å². The highest BCUT2D eigenvalue weighted by Gasteiger charge is 2.27. The number of nitrogen functional groups attached to an aromatic ring is 1. The Hall–Kier alpha value is -2.11. The molecule has 0 unspecified atom stereocenters. The molecule has 0 saturated heterocycles. The minimum atomic E-state index is -3.84. The summed E-state index contributed by atoms with van der Waals surface area (Å²) in [6, 6.07) is 5.96. The van der Waals surface area contributed by atoms with Crippen LogP contribution in [-0.2, 0) is 10.0 Å². The zero-order chi connectivity index (χ0) is 15.0. The molecule has 2 aromatic rings. The molecule has 1 saturated carbocycles. The van der Waals surface area contributed by atoms with Crippen molar-refractivity contribution in [2.24, 2.45) is 0 Å². The average molecular weight is 320 g/mol. The number of anilines is 2. The molecule has 0 aliphatic heterocycles. The molecule has 6 nitrogen and oxygen atoms in total. The van der Waals surface area contributed by atoms with Crippen LogP contribution in [0.25, 0.3) is 0 Å². The van der Waals surface area contributed by atoms with Crippen molar-refractivity contribution >= 4 is 32.2 Å². The maximum atomic E-state index is 12.4. The van der Waals surface area contributed by atoms with Gasteiger partial charge in [0.1, 0.15) is 11.0 Å². The Kier molecular flexibility index (Phi) is 3.31. The lowest BCUT2D eigenvalue weighted by molar-refractivity contribution is 0.601. The Morgan fingerprint density at radius 1 is 1.43 bits per heavy atom. The number of thiazole rings is 1. The fourth-order valence-electron chi connectivity index (χ4n) is 1.94. The standard InChI is InChI=1S/C13H12N4O2S2/c14-6-9-5-10(15)3-4-12(9)21(18,19)17-13-16-11(7-20-13)8-1-2-8/h3-5,7-8H,1-2,15H2,(H,16,17). The van der Waals surface area contributed by atoms with E-state index in [1.54, 1.807) is 0 Å². The third-order valence-corrected chi connectivity index (χ3v) is 5.46. The second-order valence-corrected chi connectivity index (χ2v) is 7.33. The van der Waals surface area contributed by atoms with Gasteiger partial charge in [-0.2, -0.15) is 5.26 Å². The lowest BCUT2D eigenvalue weighted by Gasteiger charge is -2.07. The number of aromatic nitrogens is 1. The van der Waals surface area contributed by atoms with E-state index < -0.39 is 10.0 Å². The van der Waals surface area contributed by atoms with Crippen molar-refractivity contribution in [3.63, 3.8) is 0 Å². The molecule has 1 aliphatic carbocycles. The van der Waals surface area contributed by atoms with Crippen LogP contribution in [0.4, 0.5) is 10.8 Å². The highest BCUT2D eigenvalue weighted by molar-refractivity contribution is 7.93. The minimum absolute atomic E-state index is 0.0153. The second kappa shape index (κ2) is 5.02. The molecule has 0 spiro atoms. The maximum Gasteiger partial charge on any atom is 0.264 e. The predicted molar refractivity (Wildman–Crippen MR) is 80.5 cm³/mol. The van der Waals surface area contributed by atoms with E-state index in [4.69, 9.17) is 11.0 Å². The van der Waals surface area contributed by atoms with E-state index in [0.29, 0.717) is 16.7 Å². The van der Waals surface area contributed by atoms with Gasteiger partial charge in [0.2, 0.25) is 0 Å². The second-order valence-electron chi connectivity index (χ2n) is 4.82. The van der Waals surface area contributed by atoms with Gasteiger partial charge in [0.15, 0.2) is 5.13 Å². The van der Waals surface area contributed by atoms with Gasteiger partial charge in [-0.25, -0.2) is 13.4 Å². The van der Waals surface area contributed by atoms with Crippen molar-refractivity contribution in [1.29, 1.82) is 5.26 Å². The van der Waals surface area contributed by atoms with Crippen LogP contribution >= 0.6 is 11.3 Å². The summed E-state index contributed by atoms with van der Waals surface area (Å²) in [6.45, 7) is 0. The van der Waals surface area contributed by atoms with E-state index in [0.717, 1.165) is 18.5 Å². The van der Waals surface area contributed by atoms with Crippen LogP contribution < -0.4 is 10.5 Å². The van der Waals surface area contributed by atoms with Gasteiger partial charge in [-0.3, -0.25) is 4.72 Å². The molecule has 1 fully saturated rings. The number of hydrogen-bond acceptors (Lipinski definition) is 6. The first-order valence-corrected chi connectivity index (χ1v) is 8.64. The van der Waals surface area contributed by atoms with E-state index in [9.17, 15) is 8.42 Å². The fourth-order valence-corrected chi connectivity index (χ4v) is 4.12. The van der Waals surface area contributed by atoms with Gasteiger partial charge in [0, 0.05) is 17.0 Å². The predicted octanol–water partition coefficient (Wildman–Crippen LogP) is 2.28. The van der Waals surface area contributed by atoms with E-state index in [-0.39, 0.29) is 10.5 Å². The molecule has 3 rings (SSSR count). The van der Waals surface area contributed by atoms with Crippen molar-refractivity contribution in [3.8, 4) is 6.07 Å². The van der Waals surface area contributed by atoms with Crippen molar-refractivity contribution in [2.75, 3.05) is 10.5 Å². The highest BCUT2D eigenvalue weighted by Crippen LogP contribution is 2.41. The number of sulfonamides is 1. The van der Waals surface area contributed by atoms with Gasteiger partial charge < -0.3 is 5.73 Å².